The Kier molecular flexibility index (Phi) is 10.1. The van der Waals surface area contributed by atoms with E-state index in [1.54, 1.807) is 74.4 Å². The molecule has 10 heteroatoms. The summed E-state index contributed by atoms with van der Waals surface area (Å²) >= 11 is 5.86. The predicted molar refractivity (Wildman–Crippen MR) is 122 cm³/mol. The molecule has 0 aliphatic rings. The maximum atomic E-state index is 12.5. The standard InChI is InChI=1S/C23H28ClN3O6/c1-23(2,22(30)31-16-32-26-25-27(3)14-4-5-15-28)33-20-12-8-18(9-13-20)21(29)17-6-10-19(24)11-7-17/h6-13,28H,4-5,14-16H2,1-3H3. The van der Waals surface area contributed by atoms with E-state index in [4.69, 9.17) is 31.0 Å². The molecule has 178 valence electrons. The summed E-state index contributed by atoms with van der Waals surface area (Å²) < 4.78 is 10.8. The summed E-state index contributed by atoms with van der Waals surface area (Å²) in [7, 11) is 1.71. The largest absolute Gasteiger partial charge is 0.476 e. The predicted octanol–water partition coefficient (Wildman–Crippen LogP) is 4.23. The summed E-state index contributed by atoms with van der Waals surface area (Å²) in [4.78, 5) is 29.7. The minimum absolute atomic E-state index is 0.126. The first-order valence-corrected chi connectivity index (χ1v) is 10.7. The highest BCUT2D eigenvalue weighted by molar-refractivity contribution is 6.30. The molecule has 33 heavy (non-hydrogen) atoms. The monoisotopic (exact) mass is 477 g/mol. The molecule has 2 rings (SSSR count). The highest BCUT2D eigenvalue weighted by Gasteiger charge is 2.32. The minimum Gasteiger partial charge on any atom is -0.476 e. The second-order valence-corrected chi connectivity index (χ2v) is 8.07. The van der Waals surface area contributed by atoms with E-state index in [9.17, 15) is 9.59 Å². The molecule has 0 atom stereocenters. The summed E-state index contributed by atoms with van der Waals surface area (Å²) in [5, 5.41) is 18.1. The molecule has 0 unspecified atom stereocenters. The number of ketones is 1. The number of carbonyl (C=O) groups is 2. The number of unbranched alkanes of at least 4 members (excludes halogenated alkanes) is 1. The number of carbonyl (C=O) groups excluding carboxylic acids is 2. The van der Waals surface area contributed by atoms with Crippen LogP contribution in [0.15, 0.2) is 59.0 Å². The maximum absolute atomic E-state index is 12.5. The number of esters is 1. The van der Waals surface area contributed by atoms with Crippen LogP contribution in [0.2, 0.25) is 5.02 Å². The summed E-state index contributed by atoms with van der Waals surface area (Å²) in [6.07, 6.45) is 1.44. The van der Waals surface area contributed by atoms with Gasteiger partial charge in [-0.3, -0.25) is 9.80 Å². The fraction of sp³-hybridized carbons (Fsp3) is 0.391. The average molecular weight is 478 g/mol. The first kappa shape index (κ1) is 26.1. The Morgan fingerprint density at radius 2 is 1.64 bits per heavy atom. The van der Waals surface area contributed by atoms with Crippen molar-refractivity contribution < 1.29 is 29.0 Å². The highest BCUT2D eigenvalue weighted by Crippen LogP contribution is 2.22. The molecule has 9 nitrogen and oxygen atoms in total. The Bertz CT molecular complexity index is 932. The molecule has 0 amide bonds. The zero-order valence-electron chi connectivity index (χ0n) is 18.9. The van der Waals surface area contributed by atoms with Gasteiger partial charge in [-0.25, -0.2) is 4.79 Å². The fourth-order valence-corrected chi connectivity index (χ4v) is 2.77. The third kappa shape index (κ3) is 8.70. The van der Waals surface area contributed by atoms with Crippen molar-refractivity contribution in [2.45, 2.75) is 32.3 Å². The lowest BCUT2D eigenvalue weighted by Crippen LogP contribution is -2.40. The Hall–Kier alpha value is -3.17. The SMILES string of the molecule is CN(CCCCO)N=NOCOC(=O)C(C)(C)Oc1ccc(C(=O)c2ccc(Cl)cc2)cc1. The van der Waals surface area contributed by atoms with E-state index in [1.165, 1.54) is 0 Å². The fourth-order valence-electron chi connectivity index (χ4n) is 2.64. The van der Waals surface area contributed by atoms with Gasteiger partial charge in [0.2, 0.25) is 0 Å². The van der Waals surface area contributed by atoms with Crippen molar-refractivity contribution in [2.24, 2.45) is 10.5 Å². The van der Waals surface area contributed by atoms with E-state index >= 15 is 0 Å². The lowest BCUT2D eigenvalue weighted by molar-refractivity contribution is -0.173. The molecule has 2 aromatic rings. The number of rotatable bonds is 13. The number of nitrogens with zero attached hydrogens (tertiary/aromatic N) is 3. The summed E-state index contributed by atoms with van der Waals surface area (Å²) in [5.41, 5.74) is -0.306. The van der Waals surface area contributed by atoms with Gasteiger partial charge in [-0.15, -0.1) is 0 Å². The molecule has 0 aromatic heterocycles. The smallest absolute Gasteiger partial charge is 0.352 e. The van der Waals surface area contributed by atoms with E-state index in [0.29, 0.717) is 34.9 Å². The van der Waals surface area contributed by atoms with E-state index in [2.05, 4.69) is 10.5 Å². The van der Waals surface area contributed by atoms with Crippen LogP contribution in [0, 0.1) is 0 Å². The van der Waals surface area contributed by atoms with Gasteiger partial charge in [0.15, 0.2) is 11.4 Å². The number of benzene rings is 2. The molecule has 0 aliphatic heterocycles. The van der Waals surface area contributed by atoms with Crippen LogP contribution in [0.3, 0.4) is 0 Å². The maximum Gasteiger partial charge on any atom is 0.352 e. The van der Waals surface area contributed by atoms with Crippen molar-refractivity contribution in [3.63, 3.8) is 0 Å². The van der Waals surface area contributed by atoms with Gasteiger partial charge in [0, 0.05) is 41.6 Å². The van der Waals surface area contributed by atoms with Crippen LogP contribution in [-0.2, 0) is 14.4 Å². The lowest BCUT2D eigenvalue weighted by atomic mass is 10.0. The van der Waals surface area contributed by atoms with Gasteiger partial charge < -0.3 is 19.4 Å². The molecule has 0 radical (unpaired) electrons. The van der Waals surface area contributed by atoms with Gasteiger partial charge >= 0.3 is 5.97 Å². The quantitative estimate of drug-likeness (QED) is 0.115. The minimum atomic E-state index is -1.30. The Morgan fingerprint density at radius 1 is 1.03 bits per heavy atom. The van der Waals surface area contributed by atoms with Crippen molar-refractivity contribution in [2.75, 3.05) is 27.0 Å². The second-order valence-electron chi connectivity index (χ2n) is 7.63. The Balaban J connectivity index is 1.82. The third-order valence-corrected chi connectivity index (χ3v) is 4.72. The van der Waals surface area contributed by atoms with Crippen LogP contribution in [0.4, 0.5) is 0 Å². The number of halogens is 1. The lowest BCUT2D eigenvalue weighted by Gasteiger charge is -2.24. The first-order valence-electron chi connectivity index (χ1n) is 10.3. The molecule has 0 aliphatic carbocycles. The number of aliphatic hydroxyl groups is 1. The molecular formula is C23H28ClN3O6. The third-order valence-electron chi connectivity index (χ3n) is 4.47. The zero-order chi connectivity index (χ0) is 24.3. The number of hydrogen-bond acceptors (Lipinski definition) is 8. The van der Waals surface area contributed by atoms with Gasteiger partial charge in [0.25, 0.3) is 6.79 Å². The molecule has 0 bridgehead atoms. The van der Waals surface area contributed by atoms with Crippen LogP contribution in [0.5, 0.6) is 5.75 Å². The topological polar surface area (TPSA) is 110 Å². The van der Waals surface area contributed by atoms with Crippen molar-refractivity contribution in [1.29, 1.82) is 0 Å². The summed E-state index contributed by atoms with van der Waals surface area (Å²) in [6.45, 7) is 3.42. The molecule has 0 saturated carbocycles. The van der Waals surface area contributed by atoms with Crippen molar-refractivity contribution >= 4 is 23.4 Å². The van der Waals surface area contributed by atoms with Crippen molar-refractivity contribution in [3.05, 3.63) is 64.7 Å². The van der Waals surface area contributed by atoms with Gasteiger partial charge in [-0.05, 0) is 80.4 Å². The molecule has 0 saturated heterocycles. The molecule has 2 aromatic carbocycles. The molecule has 0 fully saturated rings. The second kappa shape index (κ2) is 12.8. The molecule has 0 spiro atoms. The van der Waals surface area contributed by atoms with Gasteiger partial charge in [-0.1, -0.05) is 11.6 Å². The average Bonchev–Trinajstić information content (AvgIpc) is 2.79. The zero-order valence-corrected chi connectivity index (χ0v) is 19.6. The summed E-state index contributed by atoms with van der Waals surface area (Å²) in [6, 6.07) is 13.1. The van der Waals surface area contributed by atoms with Crippen LogP contribution in [-0.4, -0.2) is 54.5 Å². The van der Waals surface area contributed by atoms with Crippen LogP contribution in [0.1, 0.15) is 42.6 Å². The van der Waals surface area contributed by atoms with E-state index in [-0.39, 0.29) is 12.4 Å². The van der Waals surface area contributed by atoms with Gasteiger partial charge in [-0.2, -0.15) is 0 Å². The Morgan fingerprint density at radius 3 is 2.24 bits per heavy atom. The van der Waals surface area contributed by atoms with Crippen molar-refractivity contribution in [1.82, 2.24) is 5.01 Å². The summed E-state index contributed by atoms with van der Waals surface area (Å²) in [5.74, 6) is -0.410. The highest BCUT2D eigenvalue weighted by atomic mass is 35.5. The number of ether oxygens (including phenoxy) is 2. The van der Waals surface area contributed by atoms with Gasteiger partial charge in [0.05, 0.1) is 0 Å². The molecule has 0 heterocycles. The Labute approximate surface area is 197 Å². The number of aliphatic hydroxyl groups excluding tert-OH is 1. The van der Waals surface area contributed by atoms with Crippen LogP contribution >= 0.6 is 11.6 Å². The first-order chi connectivity index (χ1) is 15.7. The van der Waals surface area contributed by atoms with E-state index in [1.807, 2.05) is 0 Å². The molecule has 1 N–H and O–H groups in total. The number of hydrogen-bond donors (Lipinski definition) is 1. The normalized spacial score (nSPS) is 11.3. The van der Waals surface area contributed by atoms with E-state index < -0.39 is 18.4 Å². The molecular weight excluding hydrogens is 450 g/mol. The van der Waals surface area contributed by atoms with Gasteiger partial charge in [0.1, 0.15) is 5.75 Å². The van der Waals surface area contributed by atoms with Crippen LogP contribution < -0.4 is 4.74 Å². The van der Waals surface area contributed by atoms with Crippen LogP contribution in [0.25, 0.3) is 0 Å². The van der Waals surface area contributed by atoms with E-state index in [0.717, 1.165) is 6.42 Å². The van der Waals surface area contributed by atoms with Crippen molar-refractivity contribution in [3.8, 4) is 5.75 Å².